The lowest BCUT2D eigenvalue weighted by Crippen LogP contribution is -2.56. The van der Waals surface area contributed by atoms with Crippen LogP contribution < -0.4 is 0 Å². The van der Waals surface area contributed by atoms with Crippen LogP contribution in [0.25, 0.3) is 0 Å². The van der Waals surface area contributed by atoms with Gasteiger partial charge in [0.25, 0.3) is 0 Å². The van der Waals surface area contributed by atoms with Gasteiger partial charge in [0.2, 0.25) is 0 Å². The molecule has 4 saturated carbocycles. The fourth-order valence-electron chi connectivity index (χ4n) is 4.77. The molecule has 0 amide bonds. The van der Waals surface area contributed by atoms with Crippen molar-refractivity contribution in [2.24, 2.45) is 23.2 Å². The first kappa shape index (κ1) is 12.0. The van der Waals surface area contributed by atoms with E-state index in [2.05, 4.69) is 19.2 Å². The molecule has 0 aromatic carbocycles. The van der Waals surface area contributed by atoms with Crippen LogP contribution in [0.4, 0.5) is 0 Å². The van der Waals surface area contributed by atoms with Gasteiger partial charge >= 0.3 is 5.97 Å². The first-order chi connectivity index (χ1) is 8.54. The second-order valence-electron chi connectivity index (χ2n) is 6.65. The second kappa shape index (κ2) is 3.97. The number of carbonyl (C=O) groups excluding carboxylic acids is 1. The third kappa shape index (κ3) is 1.65. The highest BCUT2D eigenvalue weighted by Crippen LogP contribution is 2.61. The molecule has 4 rings (SSSR count). The monoisotopic (exact) mass is 246 g/mol. The van der Waals surface area contributed by atoms with Crippen LogP contribution >= 0.6 is 0 Å². The minimum atomic E-state index is -0.228. The average molecular weight is 246 g/mol. The maximum absolute atomic E-state index is 11.8. The van der Waals surface area contributed by atoms with Crippen molar-refractivity contribution in [2.75, 3.05) is 0 Å². The zero-order valence-electron chi connectivity index (χ0n) is 11.2. The van der Waals surface area contributed by atoms with Gasteiger partial charge in [-0.3, -0.25) is 0 Å². The van der Waals surface area contributed by atoms with Gasteiger partial charge in [-0.1, -0.05) is 12.7 Å². The second-order valence-corrected chi connectivity index (χ2v) is 6.65. The van der Waals surface area contributed by atoms with Crippen molar-refractivity contribution >= 4 is 5.97 Å². The highest BCUT2D eigenvalue weighted by molar-refractivity contribution is 5.87. The minimum Gasteiger partial charge on any atom is -0.458 e. The Morgan fingerprint density at radius 3 is 2.39 bits per heavy atom. The Labute approximate surface area is 109 Å². The maximum Gasteiger partial charge on any atom is 0.333 e. The van der Waals surface area contributed by atoms with Crippen LogP contribution in [-0.4, -0.2) is 12.1 Å². The van der Waals surface area contributed by atoms with E-state index in [1.807, 2.05) is 0 Å². The highest BCUT2D eigenvalue weighted by Gasteiger charge is 2.57. The molecule has 0 saturated heterocycles. The Morgan fingerprint density at radius 2 is 1.89 bits per heavy atom. The van der Waals surface area contributed by atoms with E-state index in [0.29, 0.717) is 11.5 Å². The number of ether oxygens (including phenoxy) is 1. The van der Waals surface area contributed by atoms with E-state index in [4.69, 9.17) is 4.74 Å². The zero-order chi connectivity index (χ0) is 12.9. The van der Waals surface area contributed by atoms with Crippen LogP contribution in [0, 0.1) is 23.2 Å². The summed E-state index contributed by atoms with van der Waals surface area (Å²) in [6, 6.07) is 0. The predicted molar refractivity (Wildman–Crippen MR) is 70.9 cm³/mol. The zero-order valence-corrected chi connectivity index (χ0v) is 11.2. The Hall–Kier alpha value is -1.05. The van der Waals surface area contributed by atoms with E-state index in [-0.39, 0.29) is 17.5 Å². The van der Waals surface area contributed by atoms with E-state index in [0.717, 1.165) is 24.7 Å². The van der Waals surface area contributed by atoms with Crippen molar-refractivity contribution in [3.63, 3.8) is 0 Å². The lowest BCUT2D eigenvalue weighted by Gasteiger charge is -2.59. The number of esters is 1. The van der Waals surface area contributed by atoms with E-state index < -0.39 is 0 Å². The summed E-state index contributed by atoms with van der Waals surface area (Å²) in [5, 5.41) is 0. The molecule has 4 aliphatic carbocycles. The fourth-order valence-corrected chi connectivity index (χ4v) is 4.77. The minimum absolute atomic E-state index is 0.0481. The molecule has 0 N–H and O–H groups in total. The average Bonchev–Trinajstić information content (AvgIpc) is 2.32. The Kier molecular flexibility index (Phi) is 2.65. The third-order valence-electron chi connectivity index (χ3n) is 5.26. The van der Waals surface area contributed by atoms with Gasteiger partial charge in [-0.2, -0.15) is 0 Å². The Bertz CT molecular complexity index is 395. The van der Waals surface area contributed by atoms with Crippen LogP contribution in [0.3, 0.4) is 0 Å². The number of carbonyl (C=O) groups is 1. The molecule has 0 radical (unpaired) electrons. The van der Waals surface area contributed by atoms with Crippen molar-refractivity contribution in [3.05, 3.63) is 24.8 Å². The quantitative estimate of drug-likeness (QED) is 0.433. The molecule has 3 atom stereocenters. The molecule has 0 spiro atoms. The van der Waals surface area contributed by atoms with E-state index in [1.54, 1.807) is 6.92 Å². The first-order valence-corrected chi connectivity index (χ1v) is 7.04. The van der Waals surface area contributed by atoms with Gasteiger partial charge in [0.1, 0.15) is 6.10 Å². The topological polar surface area (TPSA) is 26.3 Å². The molecule has 4 aliphatic rings. The summed E-state index contributed by atoms with van der Waals surface area (Å²) in [6.07, 6.45) is 8.31. The summed E-state index contributed by atoms with van der Waals surface area (Å²) >= 11 is 0. The summed E-state index contributed by atoms with van der Waals surface area (Å²) in [5.74, 6) is 1.99. The standard InChI is InChI=1S/C16H22O2/c1-4-16-8-11-5-12(9-16)7-13(6-11)14(16)18-15(17)10(2)3/h4,11-14H,1-2,5-9H2,3H3. The van der Waals surface area contributed by atoms with E-state index in [1.165, 1.54) is 19.3 Å². The predicted octanol–water partition coefficient (Wildman–Crippen LogP) is 3.49. The van der Waals surface area contributed by atoms with Crippen LogP contribution in [0.2, 0.25) is 0 Å². The number of hydrogen-bond donors (Lipinski definition) is 0. The Balaban J connectivity index is 1.86. The Morgan fingerprint density at radius 1 is 1.28 bits per heavy atom. The maximum atomic E-state index is 11.8. The van der Waals surface area contributed by atoms with Crippen LogP contribution in [-0.2, 0) is 9.53 Å². The molecule has 2 heteroatoms. The van der Waals surface area contributed by atoms with Crippen molar-refractivity contribution in [1.82, 2.24) is 0 Å². The summed E-state index contributed by atoms with van der Waals surface area (Å²) in [6.45, 7) is 9.45. The van der Waals surface area contributed by atoms with Crippen LogP contribution in [0.5, 0.6) is 0 Å². The van der Waals surface area contributed by atoms with Crippen LogP contribution in [0.1, 0.15) is 39.0 Å². The fraction of sp³-hybridized carbons (Fsp3) is 0.688. The SMILES string of the molecule is C=CC12CC3CC(CC(C3)C1OC(=O)C(=C)C)C2. The lowest BCUT2D eigenvalue weighted by atomic mass is 9.48. The molecule has 0 heterocycles. The summed E-state index contributed by atoms with van der Waals surface area (Å²) in [5.41, 5.74) is 0.558. The summed E-state index contributed by atoms with van der Waals surface area (Å²) in [4.78, 5) is 11.8. The molecule has 0 aromatic heterocycles. The van der Waals surface area contributed by atoms with Gasteiger partial charge in [-0.05, 0) is 56.8 Å². The number of rotatable bonds is 3. The highest BCUT2D eigenvalue weighted by atomic mass is 16.5. The normalized spacial score (nSPS) is 44.7. The molecule has 0 aromatic rings. The first-order valence-electron chi connectivity index (χ1n) is 7.04. The van der Waals surface area contributed by atoms with Gasteiger partial charge in [0, 0.05) is 11.0 Å². The number of hydrogen-bond acceptors (Lipinski definition) is 2. The van der Waals surface area contributed by atoms with Crippen molar-refractivity contribution in [1.29, 1.82) is 0 Å². The molecule has 3 unspecified atom stereocenters. The van der Waals surface area contributed by atoms with Gasteiger partial charge in [-0.15, -0.1) is 6.58 Å². The van der Waals surface area contributed by atoms with E-state index in [9.17, 15) is 4.79 Å². The van der Waals surface area contributed by atoms with Crippen molar-refractivity contribution in [3.8, 4) is 0 Å². The van der Waals surface area contributed by atoms with Gasteiger partial charge < -0.3 is 4.74 Å². The third-order valence-corrected chi connectivity index (χ3v) is 5.26. The molecular weight excluding hydrogens is 224 g/mol. The molecule has 0 aliphatic heterocycles. The van der Waals surface area contributed by atoms with Crippen molar-refractivity contribution in [2.45, 2.75) is 45.1 Å². The van der Waals surface area contributed by atoms with Crippen LogP contribution in [0.15, 0.2) is 24.8 Å². The lowest BCUT2D eigenvalue weighted by molar-refractivity contribution is -0.179. The molecular formula is C16H22O2. The molecule has 18 heavy (non-hydrogen) atoms. The molecule has 98 valence electrons. The summed E-state index contributed by atoms with van der Waals surface area (Å²) in [7, 11) is 0. The molecule has 4 bridgehead atoms. The molecule has 2 nitrogen and oxygen atoms in total. The van der Waals surface area contributed by atoms with Gasteiger partial charge in [-0.25, -0.2) is 4.79 Å². The van der Waals surface area contributed by atoms with Gasteiger partial charge in [0.15, 0.2) is 0 Å². The molecule has 4 fully saturated rings. The summed E-state index contributed by atoms with van der Waals surface area (Å²) < 4.78 is 5.77. The smallest absolute Gasteiger partial charge is 0.333 e. The largest absolute Gasteiger partial charge is 0.458 e. The van der Waals surface area contributed by atoms with Gasteiger partial charge in [0.05, 0.1) is 0 Å². The van der Waals surface area contributed by atoms with Crippen molar-refractivity contribution < 1.29 is 9.53 Å². The van der Waals surface area contributed by atoms with E-state index >= 15 is 0 Å².